The van der Waals surface area contributed by atoms with Gasteiger partial charge in [0, 0.05) is 16.9 Å². The van der Waals surface area contributed by atoms with Crippen LogP contribution in [0.3, 0.4) is 0 Å². The van der Waals surface area contributed by atoms with Crippen LogP contribution in [0.2, 0.25) is 0 Å². The Hall–Kier alpha value is -1.77. The van der Waals surface area contributed by atoms with Gasteiger partial charge in [0.2, 0.25) is 5.54 Å². The van der Waals surface area contributed by atoms with Crippen LogP contribution in [0, 0.1) is 5.41 Å². The lowest BCUT2D eigenvalue weighted by molar-refractivity contribution is -0.133. The lowest BCUT2D eigenvalue weighted by Gasteiger charge is -2.32. The Bertz CT molecular complexity index is 694. The monoisotopic (exact) mass is 396 g/mol. The van der Waals surface area contributed by atoms with Gasteiger partial charge in [-0.3, -0.25) is 4.79 Å². The lowest BCUT2D eigenvalue weighted by Crippen LogP contribution is -2.63. The molecule has 0 fully saturated rings. The first-order valence-electron chi connectivity index (χ1n) is 7.39. The van der Waals surface area contributed by atoms with E-state index in [4.69, 9.17) is 4.84 Å². The average Bonchev–Trinajstić information content (AvgIpc) is 2.79. The molecular weight excluding hydrogens is 376 g/mol. The summed E-state index contributed by atoms with van der Waals surface area (Å²) >= 11 is 3.34. The molecule has 0 aromatic heterocycles. The fourth-order valence-corrected chi connectivity index (χ4v) is 2.78. The van der Waals surface area contributed by atoms with Gasteiger partial charge in [-0.25, -0.2) is 5.01 Å². The second kappa shape index (κ2) is 6.62. The van der Waals surface area contributed by atoms with Crippen LogP contribution in [0.15, 0.2) is 39.0 Å². The Morgan fingerprint density at radius 2 is 1.96 bits per heavy atom. The van der Waals surface area contributed by atoms with E-state index in [0.717, 1.165) is 4.47 Å². The van der Waals surface area contributed by atoms with E-state index in [1.165, 1.54) is 12.1 Å². The summed E-state index contributed by atoms with van der Waals surface area (Å²) in [6.45, 7) is 7.34. The molecule has 0 spiro atoms. The average molecular weight is 397 g/mol. The Kier molecular flexibility index (Phi) is 5.12. The van der Waals surface area contributed by atoms with Crippen molar-refractivity contribution >= 4 is 33.3 Å². The molecule has 0 radical (unpaired) electrons. The summed E-state index contributed by atoms with van der Waals surface area (Å²) in [5.74, 6) is 0.0919. The maximum Gasteiger partial charge on any atom is 0.276 e. The number of nitrogens with one attached hydrogen (secondary N) is 1. The van der Waals surface area contributed by atoms with Crippen molar-refractivity contribution in [3.05, 3.63) is 28.7 Å². The number of likely N-dealkylation sites (N-methyl/N-ethyl adjacent to an activating group) is 1. The summed E-state index contributed by atoms with van der Waals surface area (Å²) in [6, 6.07) is 7.11. The molecule has 1 amide bonds. The maximum absolute atomic E-state index is 12.7. The molecule has 1 aliphatic rings. The molecule has 130 valence electrons. The highest BCUT2D eigenvalue weighted by Crippen LogP contribution is 2.32. The molecule has 1 unspecified atom stereocenters. The highest BCUT2D eigenvalue weighted by Gasteiger charge is 2.56. The molecule has 0 saturated carbocycles. The van der Waals surface area contributed by atoms with Crippen LogP contribution in [-0.2, 0) is 4.79 Å². The van der Waals surface area contributed by atoms with Gasteiger partial charge >= 0.3 is 0 Å². The van der Waals surface area contributed by atoms with E-state index in [-0.39, 0.29) is 5.71 Å². The van der Waals surface area contributed by atoms with Crippen molar-refractivity contribution in [1.29, 1.82) is 0 Å². The Labute approximate surface area is 149 Å². The summed E-state index contributed by atoms with van der Waals surface area (Å²) in [5.41, 5.74) is 0.836. The van der Waals surface area contributed by atoms with Gasteiger partial charge in [0.15, 0.2) is 5.75 Å². The number of carbonyl (C=O) groups is 1. The largest absolute Gasteiger partial charge is 0.357 e. The van der Waals surface area contributed by atoms with Crippen molar-refractivity contribution in [1.82, 2.24) is 10.5 Å². The number of amides is 1. The van der Waals surface area contributed by atoms with E-state index < -0.39 is 16.9 Å². The van der Waals surface area contributed by atoms with E-state index in [1.807, 2.05) is 32.9 Å². The fraction of sp³-hybridized carbons (Fsp3) is 0.438. The van der Waals surface area contributed by atoms with E-state index in [0.29, 0.717) is 11.5 Å². The predicted molar refractivity (Wildman–Crippen MR) is 95.2 cm³/mol. The van der Waals surface area contributed by atoms with E-state index >= 15 is 0 Å². The van der Waals surface area contributed by atoms with E-state index in [1.54, 1.807) is 19.1 Å². The van der Waals surface area contributed by atoms with Crippen molar-refractivity contribution < 1.29 is 14.8 Å². The molecule has 24 heavy (non-hydrogen) atoms. The first-order valence-corrected chi connectivity index (χ1v) is 8.19. The summed E-state index contributed by atoms with van der Waals surface area (Å²) in [6.07, 6.45) is 0. The van der Waals surface area contributed by atoms with Gasteiger partial charge in [-0.15, -0.1) is 0 Å². The standard InChI is InChI=1S/C16H21BrN4O3/c1-10(19-24-12-8-6-11(17)7-9-12)16(20-23)13(15(2,3)4)18-21(5)14(16)22/h6-9,20,23H,1-5H3. The van der Waals surface area contributed by atoms with Gasteiger partial charge in [-0.05, 0) is 31.2 Å². The van der Waals surface area contributed by atoms with Crippen LogP contribution in [-0.4, -0.2) is 40.1 Å². The normalized spacial score (nSPS) is 22.0. The topological polar surface area (TPSA) is 86.5 Å². The van der Waals surface area contributed by atoms with Crippen molar-refractivity contribution in [2.45, 2.75) is 33.2 Å². The Balaban J connectivity index is 2.40. The maximum atomic E-state index is 12.7. The van der Waals surface area contributed by atoms with Crippen molar-refractivity contribution in [3.63, 3.8) is 0 Å². The molecule has 2 N–H and O–H groups in total. The number of hydrazone groups is 1. The minimum atomic E-state index is -1.54. The first kappa shape index (κ1) is 18.6. The zero-order valence-corrected chi connectivity index (χ0v) is 15.9. The third-order valence-corrected chi connectivity index (χ3v) is 4.27. The van der Waals surface area contributed by atoms with Crippen LogP contribution in [0.5, 0.6) is 5.75 Å². The molecule has 7 nitrogen and oxygen atoms in total. The molecule has 1 aromatic carbocycles. The highest BCUT2D eigenvalue weighted by atomic mass is 79.9. The number of oxime groups is 1. The van der Waals surface area contributed by atoms with Gasteiger partial charge in [0.25, 0.3) is 5.91 Å². The molecule has 1 atom stereocenters. The summed E-state index contributed by atoms with van der Waals surface area (Å²) in [7, 11) is 1.54. The highest BCUT2D eigenvalue weighted by molar-refractivity contribution is 9.10. The second-order valence-corrected chi connectivity index (χ2v) is 7.53. The summed E-state index contributed by atoms with van der Waals surface area (Å²) in [5, 5.41) is 19.4. The summed E-state index contributed by atoms with van der Waals surface area (Å²) in [4.78, 5) is 18.1. The van der Waals surface area contributed by atoms with Crippen LogP contribution in [0.4, 0.5) is 0 Å². The third-order valence-electron chi connectivity index (χ3n) is 3.74. The smallest absolute Gasteiger partial charge is 0.276 e. The van der Waals surface area contributed by atoms with Crippen LogP contribution >= 0.6 is 15.9 Å². The molecule has 0 saturated heterocycles. The van der Waals surface area contributed by atoms with Crippen LogP contribution < -0.4 is 10.3 Å². The Morgan fingerprint density at radius 3 is 2.46 bits per heavy atom. The molecule has 1 aromatic rings. The number of carbonyl (C=O) groups excluding carboxylic acids is 1. The van der Waals surface area contributed by atoms with E-state index in [2.05, 4.69) is 31.7 Å². The predicted octanol–water partition coefficient (Wildman–Crippen LogP) is 2.80. The SMILES string of the molecule is CC(=NOc1ccc(Br)cc1)C1(NO)C(=O)N(C)N=C1C(C)(C)C. The number of halogens is 1. The minimum Gasteiger partial charge on any atom is -0.357 e. The third kappa shape index (κ3) is 3.22. The zero-order valence-electron chi connectivity index (χ0n) is 14.3. The molecule has 2 rings (SSSR count). The summed E-state index contributed by atoms with van der Waals surface area (Å²) < 4.78 is 0.916. The van der Waals surface area contributed by atoms with Gasteiger partial charge in [0.1, 0.15) is 0 Å². The van der Waals surface area contributed by atoms with Gasteiger partial charge in [0.05, 0.1) is 11.4 Å². The van der Waals surface area contributed by atoms with Crippen LogP contribution in [0.25, 0.3) is 0 Å². The lowest BCUT2D eigenvalue weighted by atomic mass is 9.75. The second-order valence-electron chi connectivity index (χ2n) is 6.61. The van der Waals surface area contributed by atoms with E-state index in [9.17, 15) is 10.0 Å². The number of rotatable bonds is 4. The molecule has 0 bridgehead atoms. The first-order chi connectivity index (χ1) is 11.1. The minimum absolute atomic E-state index is 0.260. The molecule has 8 heteroatoms. The number of benzene rings is 1. The van der Waals surface area contributed by atoms with Gasteiger partial charge in [-0.1, -0.05) is 41.9 Å². The molecular formula is C16H21BrN4O3. The zero-order chi connectivity index (χ0) is 18.1. The molecule has 0 aliphatic carbocycles. The fourth-order valence-electron chi connectivity index (χ4n) is 2.52. The van der Waals surface area contributed by atoms with Crippen molar-refractivity contribution in [2.75, 3.05) is 7.05 Å². The van der Waals surface area contributed by atoms with Crippen molar-refractivity contribution in [2.24, 2.45) is 15.7 Å². The molecule has 1 aliphatic heterocycles. The Morgan fingerprint density at radius 1 is 1.38 bits per heavy atom. The number of nitrogens with zero attached hydrogens (tertiary/aromatic N) is 3. The van der Waals surface area contributed by atoms with Gasteiger partial charge < -0.3 is 10.0 Å². The quantitative estimate of drug-likeness (QED) is 0.604. The number of hydroxylamine groups is 1. The molecule has 1 heterocycles. The number of hydrogen-bond donors (Lipinski definition) is 2. The van der Waals surface area contributed by atoms with Crippen molar-refractivity contribution in [3.8, 4) is 5.75 Å². The number of hydrogen-bond acceptors (Lipinski definition) is 6. The van der Waals surface area contributed by atoms with Crippen LogP contribution in [0.1, 0.15) is 27.7 Å². The van der Waals surface area contributed by atoms with Gasteiger partial charge in [-0.2, -0.15) is 10.6 Å².